The zero-order valence-electron chi connectivity index (χ0n) is 12.2. The Morgan fingerprint density at radius 2 is 1.91 bits per heavy atom. The molecule has 0 radical (unpaired) electrons. The Hall–Kier alpha value is -1.14. The van der Waals surface area contributed by atoms with Crippen molar-refractivity contribution in [2.45, 2.75) is 42.3 Å². The van der Waals surface area contributed by atoms with Crippen LogP contribution in [0.2, 0.25) is 5.02 Å². The van der Waals surface area contributed by atoms with Gasteiger partial charge in [-0.3, -0.25) is 0 Å². The summed E-state index contributed by atoms with van der Waals surface area (Å²) in [5.74, 6) is 0. The number of nitrogens with zero attached hydrogens (tertiary/aromatic N) is 1. The Kier molecular flexibility index (Phi) is 5.45. The predicted octanol–water partition coefficient (Wildman–Crippen LogP) is 2.98. The molecule has 1 saturated heterocycles. The quantitative estimate of drug-likeness (QED) is 0.838. The average Bonchev–Trinajstić information content (AvgIpc) is 2.53. The summed E-state index contributed by atoms with van der Waals surface area (Å²) < 4.78 is 27.3. The molecule has 0 saturated carbocycles. The van der Waals surface area contributed by atoms with E-state index in [-0.39, 0.29) is 10.9 Å². The van der Waals surface area contributed by atoms with E-state index in [0.717, 1.165) is 6.42 Å². The number of benzene rings is 1. The molecule has 6 heteroatoms. The van der Waals surface area contributed by atoms with Gasteiger partial charge in [-0.25, -0.2) is 8.42 Å². The molecular formula is C16H20ClNO3S. The molecule has 120 valence electrons. The van der Waals surface area contributed by atoms with Gasteiger partial charge in [-0.2, -0.15) is 4.31 Å². The van der Waals surface area contributed by atoms with Crippen molar-refractivity contribution in [2.75, 3.05) is 0 Å². The summed E-state index contributed by atoms with van der Waals surface area (Å²) in [7, 11) is -3.75. The zero-order chi connectivity index (χ0) is 16.3. The molecule has 1 N–H and O–H groups in total. The Labute approximate surface area is 136 Å². The summed E-state index contributed by atoms with van der Waals surface area (Å²) in [6.07, 6.45) is 4.19. The van der Waals surface area contributed by atoms with Crippen LogP contribution in [-0.4, -0.2) is 36.0 Å². The minimum Gasteiger partial charge on any atom is -0.387 e. The van der Waals surface area contributed by atoms with Crippen molar-refractivity contribution in [1.82, 2.24) is 4.31 Å². The summed E-state index contributed by atoms with van der Waals surface area (Å²) in [6.45, 7) is 7.31. The van der Waals surface area contributed by atoms with Crippen LogP contribution in [0, 0.1) is 0 Å². The van der Waals surface area contributed by atoms with E-state index in [1.807, 2.05) is 0 Å². The lowest BCUT2D eigenvalue weighted by atomic mass is 9.95. The van der Waals surface area contributed by atoms with Crippen molar-refractivity contribution in [3.8, 4) is 0 Å². The van der Waals surface area contributed by atoms with Gasteiger partial charge in [-0.1, -0.05) is 23.8 Å². The highest BCUT2D eigenvalue weighted by molar-refractivity contribution is 7.89. The van der Waals surface area contributed by atoms with Crippen molar-refractivity contribution >= 4 is 21.6 Å². The molecule has 22 heavy (non-hydrogen) atoms. The van der Waals surface area contributed by atoms with Crippen LogP contribution < -0.4 is 0 Å². The van der Waals surface area contributed by atoms with Gasteiger partial charge in [0.25, 0.3) is 0 Å². The van der Waals surface area contributed by atoms with E-state index < -0.39 is 22.2 Å². The minimum absolute atomic E-state index is 0.159. The topological polar surface area (TPSA) is 57.6 Å². The highest BCUT2D eigenvalue weighted by Gasteiger charge is 2.41. The molecule has 1 aromatic rings. The average molecular weight is 342 g/mol. The van der Waals surface area contributed by atoms with Crippen molar-refractivity contribution in [1.29, 1.82) is 0 Å². The molecule has 0 unspecified atom stereocenters. The maximum absolute atomic E-state index is 13.0. The van der Waals surface area contributed by atoms with Crippen LogP contribution >= 0.6 is 11.6 Å². The van der Waals surface area contributed by atoms with Crippen molar-refractivity contribution < 1.29 is 13.5 Å². The van der Waals surface area contributed by atoms with Crippen LogP contribution in [-0.2, 0) is 10.0 Å². The van der Waals surface area contributed by atoms with E-state index in [1.54, 1.807) is 18.2 Å². The number of aliphatic hydroxyl groups is 1. The second-order valence-electron chi connectivity index (χ2n) is 5.32. The van der Waals surface area contributed by atoms with Gasteiger partial charge in [-0.15, -0.1) is 13.2 Å². The van der Waals surface area contributed by atoms with Crippen LogP contribution in [0.5, 0.6) is 0 Å². The molecule has 4 nitrogen and oxygen atoms in total. The van der Waals surface area contributed by atoms with Crippen LogP contribution in [0.3, 0.4) is 0 Å². The predicted molar refractivity (Wildman–Crippen MR) is 88.3 cm³/mol. The number of hydrogen-bond donors (Lipinski definition) is 1. The van der Waals surface area contributed by atoms with Crippen LogP contribution in [0.15, 0.2) is 54.5 Å². The maximum Gasteiger partial charge on any atom is 0.243 e. The van der Waals surface area contributed by atoms with Gasteiger partial charge in [0.05, 0.1) is 17.0 Å². The van der Waals surface area contributed by atoms with Crippen LogP contribution in [0.1, 0.15) is 19.3 Å². The fourth-order valence-corrected chi connectivity index (χ4v) is 4.81. The van der Waals surface area contributed by atoms with E-state index in [4.69, 9.17) is 11.6 Å². The third-order valence-electron chi connectivity index (χ3n) is 3.95. The van der Waals surface area contributed by atoms with Gasteiger partial charge in [0, 0.05) is 11.1 Å². The Morgan fingerprint density at radius 1 is 1.27 bits per heavy atom. The lowest BCUT2D eigenvalue weighted by molar-refractivity contribution is 0.0867. The van der Waals surface area contributed by atoms with E-state index in [2.05, 4.69) is 13.2 Å². The summed E-state index contributed by atoms with van der Waals surface area (Å²) in [5, 5.41) is 10.6. The lowest BCUT2D eigenvalue weighted by Crippen LogP contribution is -2.53. The second-order valence-corrected chi connectivity index (χ2v) is 7.60. The van der Waals surface area contributed by atoms with Crippen molar-refractivity contribution in [3.05, 3.63) is 54.6 Å². The summed E-state index contributed by atoms with van der Waals surface area (Å²) in [6, 6.07) is 5.16. The number of halogens is 1. The number of aliphatic hydroxyl groups excluding tert-OH is 1. The summed E-state index contributed by atoms with van der Waals surface area (Å²) in [4.78, 5) is 0.159. The molecule has 0 amide bonds. The van der Waals surface area contributed by atoms with E-state index >= 15 is 0 Å². The van der Waals surface area contributed by atoms with E-state index in [9.17, 15) is 13.5 Å². The Balaban J connectivity index is 2.48. The first kappa shape index (κ1) is 17.2. The SMILES string of the molecule is C=C[C@H](O)[C@@H]1CCC[C@H](C=C)N1S(=O)(=O)c1ccc(Cl)cc1. The number of rotatable bonds is 5. The number of piperidine rings is 1. The first-order chi connectivity index (χ1) is 10.4. The molecule has 1 heterocycles. The van der Waals surface area contributed by atoms with E-state index in [1.165, 1.54) is 22.5 Å². The highest BCUT2D eigenvalue weighted by atomic mass is 35.5. The lowest BCUT2D eigenvalue weighted by Gasteiger charge is -2.41. The first-order valence-electron chi connectivity index (χ1n) is 7.14. The number of hydrogen-bond acceptors (Lipinski definition) is 3. The summed E-state index contributed by atoms with van der Waals surface area (Å²) in [5.41, 5.74) is 0. The monoisotopic (exact) mass is 341 g/mol. The molecule has 0 bridgehead atoms. The van der Waals surface area contributed by atoms with Gasteiger partial charge in [0.1, 0.15) is 0 Å². The molecule has 1 aliphatic rings. The van der Waals surface area contributed by atoms with Crippen LogP contribution in [0.25, 0.3) is 0 Å². The zero-order valence-corrected chi connectivity index (χ0v) is 13.8. The van der Waals surface area contributed by atoms with Crippen molar-refractivity contribution in [3.63, 3.8) is 0 Å². The number of sulfonamides is 1. The molecule has 1 aliphatic heterocycles. The van der Waals surface area contributed by atoms with Crippen molar-refractivity contribution in [2.24, 2.45) is 0 Å². The standard InChI is InChI=1S/C16H20ClNO3S/c1-3-13-6-5-7-15(16(19)4-2)18(13)22(20,21)14-10-8-12(17)9-11-14/h3-4,8-11,13,15-16,19H,1-2,5-7H2/t13-,15-,16-/m0/s1. The highest BCUT2D eigenvalue weighted by Crippen LogP contribution is 2.32. The van der Waals surface area contributed by atoms with Gasteiger partial charge >= 0.3 is 0 Å². The van der Waals surface area contributed by atoms with Gasteiger partial charge in [0.15, 0.2) is 0 Å². The third kappa shape index (κ3) is 3.27. The second kappa shape index (κ2) is 6.96. The molecule has 3 atom stereocenters. The largest absolute Gasteiger partial charge is 0.387 e. The minimum atomic E-state index is -3.75. The molecular weight excluding hydrogens is 322 g/mol. The summed E-state index contributed by atoms with van der Waals surface area (Å²) >= 11 is 5.83. The smallest absolute Gasteiger partial charge is 0.243 e. The van der Waals surface area contributed by atoms with Gasteiger partial charge < -0.3 is 5.11 Å². The van der Waals surface area contributed by atoms with E-state index in [0.29, 0.717) is 17.9 Å². The Bertz CT molecular complexity index is 642. The van der Waals surface area contributed by atoms with Gasteiger partial charge in [0.2, 0.25) is 10.0 Å². The molecule has 0 spiro atoms. The molecule has 2 rings (SSSR count). The molecule has 1 fully saturated rings. The fraction of sp³-hybridized carbons (Fsp3) is 0.375. The molecule has 1 aromatic carbocycles. The maximum atomic E-state index is 13.0. The third-order valence-corrected chi connectivity index (χ3v) is 6.17. The Morgan fingerprint density at radius 3 is 2.45 bits per heavy atom. The van der Waals surface area contributed by atoms with Gasteiger partial charge in [-0.05, 0) is 43.5 Å². The molecule has 0 aliphatic carbocycles. The molecule has 0 aromatic heterocycles. The normalized spacial score (nSPS) is 24.6. The first-order valence-corrected chi connectivity index (χ1v) is 8.96. The van der Waals surface area contributed by atoms with Crippen LogP contribution in [0.4, 0.5) is 0 Å². The fourth-order valence-electron chi connectivity index (χ4n) is 2.82.